The van der Waals surface area contributed by atoms with Crippen LogP contribution in [-0.2, 0) is 6.18 Å². The number of nitrogens with one attached hydrogen (secondary N) is 2. The van der Waals surface area contributed by atoms with Gasteiger partial charge in [0.25, 0.3) is 0 Å². The first kappa shape index (κ1) is 23.8. The molecule has 0 spiro atoms. The summed E-state index contributed by atoms with van der Waals surface area (Å²) < 4.78 is 43.4. The first-order valence-corrected chi connectivity index (χ1v) is 8.91. The molecule has 0 saturated heterocycles. The van der Waals surface area contributed by atoms with Gasteiger partial charge in [0.1, 0.15) is 12.4 Å². The topological polar surface area (TPSA) is 65.9 Å². The minimum absolute atomic E-state index is 0. The molecule has 0 radical (unpaired) electrons. The maximum absolute atomic E-state index is 12.7. The Morgan fingerprint density at radius 3 is 2.59 bits per heavy atom. The van der Waals surface area contributed by atoms with Gasteiger partial charge in [0.15, 0.2) is 5.96 Å². The van der Waals surface area contributed by atoms with Crippen molar-refractivity contribution in [1.29, 1.82) is 0 Å². The van der Waals surface area contributed by atoms with E-state index in [2.05, 4.69) is 15.6 Å². The van der Waals surface area contributed by atoms with Gasteiger partial charge in [-0.05, 0) is 50.8 Å². The number of ether oxygens (including phenoxy) is 1. The fourth-order valence-corrected chi connectivity index (χ4v) is 2.82. The minimum atomic E-state index is -4.38. The molecule has 0 amide bonds. The Balaban J connectivity index is 0.00000364. The number of benzene rings is 1. The molecule has 27 heavy (non-hydrogen) atoms. The Bertz CT molecular complexity index is 591. The molecular weight excluding hydrogens is 474 g/mol. The molecule has 1 saturated carbocycles. The van der Waals surface area contributed by atoms with Gasteiger partial charge in [0.05, 0.1) is 18.2 Å². The normalized spacial score (nSPS) is 20.6. The van der Waals surface area contributed by atoms with E-state index in [1.54, 1.807) is 0 Å². The second-order valence-electron chi connectivity index (χ2n) is 6.28. The molecule has 0 unspecified atom stereocenters. The number of halogens is 4. The minimum Gasteiger partial charge on any atom is -0.492 e. The molecule has 5 nitrogen and oxygen atoms in total. The lowest BCUT2D eigenvalue weighted by molar-refractivity contribution is -0.137. The van der Waals surface area contributed by atoms with E-state index in [4.69, 9.17) is 4.74 Å². The summed E-state index contributed by atoms with van der Waals surface area (Å²) in [5, 5.41) is 16.0. The zero-order valence-electron chi connectivity index (χ0n) is 15.3. The van der Waals surface area contributed by atoms with Gasteiger partial charge < -0.3 is 20.5 Å². The third kappa shape index (κ3) is 8.54. The van der Waals surface area contributed by atoms with Gasteiger partial charge in [-0.25, -0.2) is 4.99 Å². The van der Waals surface area contributed by atoms with Gasteiger partial charge in [0, 0.05) is 12.6 Å². The molecule has 0 bridgehead atoms. The number of nitrogens with zero attached hydrogens (tertiary/aromatic N) is 1. The van der Waals surface area contributed by atoms with Gasteiger partial charge in [-0.3, -0.25) is 0 Å². The average molecular weight is 501 g/mol. The Labute approximate surface area is 174 Å². The van der Waals surface area contributed by atoms with E-state index in [1.165, 1.54) is 12.1 Å². The van der Waals surface area contributed by atoms with Crippen LogP contribution < -0.4 is 15.4 Å². The van der Waals surface area contributed by atoms with Crippen LogP contribution in [0.5, 0.6) is 5.75 Å². The van der Waals surface area contributed by atoms with Crippen LogP contribution in [0.25, 0.3) is 0 Å². The zero-order chi connectivity index (χ0) is 19.0. The first-order valence-electron chi connectivity index (χ1n) is 8.91. The SMILES string of the molecule is CCNC(=NCCOc1cccc(C(F)(F)F)c1)NC1CCC(O)CC1.I. The monoisotopic (exact) mass is 501 g/mol. The molecule has 0 atom stereocenters. The molecule has 1 aromatic rings. The van der Waals surface area contributed by atoms with Crippen molar-refractivity contribution in [3.05, 3.63) is 29.8 Å². The highest BCUT2D eigenvalue weighted by Crippen LogP contribution is 2.31. The quantitative estimate of drug-likeness (QED) is 0.242. The van der Waals surface area contributed by atoms with Crippen LogP contribution >= 0.6 is 24.0 Å². The molecule has 1 aliphatic rings. The van der Waals surface area contributed by atoms with Crippen LogP contribution in [0, 0.1) is 0 Å². The van der Waals surface area contributed by atoms with Gasteiger partial charge in [0.2, 0.25) is 0 Å². The lowest BCUT2D eigenvalue weighted by Gasteiger charge is -2.27. The van der Waals surface area contributed by atoms with E-state index in [1.807, 2.05) is 6.92 Å². The van der Waals surface area contributed by atoms with E-state index in [-0.39, 0.29) is 48.5 Å². The number of aliphatic hydroxyl groups is 1. The summed E-state index contributed by atoms with van der Waals surface area (Å²) in [5.74, 6) is 0.829. The summed E-state index contributed by atoms with van der Waals surface area (Å²) in [6.45, 7) is 3.17. The molecule has 154 valence electrons. The molecule has 1 aliphatic carbocycles. The third-order valence-corrected chi connectivity index (χ3v) is 4.17. The highest BCUT2D eigenvalue weighted by molar-refractivity contribution is 14.0. The number of rotatable bonds is 6. The van der Waals surface area contributed by atoms with Crippen molar-refractivity contribution >= 4 is 29.9 Å². The predicted octanol–water partition coefficient (Wildman–Crippen LogP) is 3.56. The van der Waals surface area contributed by atoms with Crippen molar-refractivity contribution in [3.63, 3.8) is 0 Å². The summed E-state index contributed by atoms with van der Waals surface area (Å²) in [5.41, 5.74) is -0.729. The second-order valence-corrected chi connectivity index (χ2v) is 6.28. The van der Waals surface area contributed by atoms with E-state index >= 15 is 0 Å². The van der Waals surface area contributed by atoms with Crippen LogP contribution in [-0.4, -0.2) is 42.9 Å². The van der Waals surface area contributed by atoms with Crippen molar-refractivity contribution in [1.82, 2.24) is 10.6 Å². The maximum atomic E-state index is 12.7. The molecular formula is C18H27F3IN3O2. The van der Waals surface area contributed by atoms with Crippen LogP contribution in [0.3, 0.4) is 0 Å². The number of hydrogen-bond acceptors (Lipinski definition) is 3. The predicted molar refractivity (Wildman–Crippen MR) is 110 cm³/mol. The van der Waals surface area contributed by atoms with Gasteiger partial charge >= 0.3 is 6.18 Å². The Kier molecular flexibility index (Phi) is 10.2. The van der Waals surface area contributed by atoms with Crippen LogP contribution in [0.1, 0.15) is 38.2 Å². The Hall–Kier alpha value is -1.23. The summed E-state index contributed by atoms with van der Waals surface area (Å²) in [4.78, 5) is 4.40. The van der Waals surface area contributed by atoms with Crippen LogP contribution in [0.4, 0.5) is 13.2 Å². The fourth-order valence-electron chi connectivity index (χ4n) is 2.82. The van der Waals surface area contributed by atoms with Gasteiger partial charge in [-0.1, -0.05) is 6.07 Å². The highest BCUT2D eigenvalue weighted by Gasteiger charge is 2.30. The Morgan fingerprint density at radius 2 is 1.96 bits per heavy atom. The lowest BCUT2D eigenvalue weighted by atomic mass is 9.93. The van der Waals surface area contributed by atoms with Gasteiger partial charge in [-0.2, -0.15) is 13.2 Å². The smallest absolute Gasteiger partial charge is 0.416 e. The summed E-state index contributed by atoms with van der Waals surface area (Å²) >= 11 is 0. The standard InChI is InChI=1S/C18H26F3N3O2.HI/c1-2-22-17(24-14-6-8-15(25)9-7-14)23-10-11-26-16-5-3-4-13(12-16)18(19,20)21;/h3-5,12,14-15,25H,2,6-11H2,1H3,(H2,22,23,24);1H. The molecule has 0 aliphatic heterocycles. The van der Waals surface area contributed by atoms with Crippen LogP contribution in [0.2, 0.25) is 0 Å². The lowest BCUT2D eigenvalue weighted by Crippen LogP contribution is -2.45. The number of aliphatic hydroxyl groups excluding tert-OH is 1. The third-order valence-electron chi connectivity index (χ3n) is 4.17. The summed E-state index contributed by atoms with van der Waals surface area (Å²) in [6.07, 6.45) is -1.29. The van der Waals surface area contributed by atoms with Crippen molar-refractivity contribution in [2.24, 2.45) is 4.99 Å². The maximum Gasteiger partial charge on any atom is 0.416 e. The molecule has 3 N–H and O–H groups in total. The van der Waals surface area contributed by atoms with Gasteiger partial charge in [-0.15, -0.1) is 24.0 Å². The number of alkyl halides is 3. The molecule has 0 aromatic heterocycles. The number of guanidine groups is 1. The van der Waals surface area contributed by atoms with E-state index in [0.717, 1.165) is 37.8 Å². The van der Waals surface area contributed by atoms with Crippen molar-refractivity contribution in [2.45, 2.75) is 50.9 Å². The number of aliphatic imine (C=N–C) groups is 1. The molecule has 1 fully saturated rings. The molecule has 2 rings (SSSR count). The zero-order valence-corrected chi connectivity index (χ0v) is 17.6. The molecule has 9 heteroatoms. The average Bonchev–Trinajstić information content (AvgIpc) is 2.60. The fraction of sp³-hybridized carbons (Fsp3) is 0.611. The van der Waals surface area contributed by atoms with Crippen molar-refractivity contribution < 1.29 is 23.0 Å². The second kappa shape index (κ2) is 11.6. The molecule has 0 heterocycles. The first-order chi connectivity index (χ1) is 12.4. The highest BCUT2D eigenvalue weighted by atomic mass is 127. The largest absolute Gasteiger partial charge is 0.492 e. The summed E-state index contributed by atoms with van der Waals surface area (Å²) in [7, 11) is 0. The van der Waals surface area contributed by atoms with Crippen molar-refractivity contribution in [3.8, 4) is 5.75 Å². The molecule has 1 aromatic carbocycles. The van der Waals surface area contributed by atoms with E-state index in [9.17, 15) is 18.3 Å². The van der Waals surface area contributed by atoms with E-state index < -0.39 is 11.7 Å². The number of hydrogen-bond donors (Lipinski definition) is 3. The van der Waals surface area contributed by atoms with Crippen LogP contribution in [0.15, 0.2) is 29.3 Å². The van der Waals surface area contributed by atoms with Crippen molar-refractivity contribution in [2.75, 3.05) is 19.7 Å². The van der Waals surface area contributed by atoms with E-state index in [0.29, 0.717) is 19.0 Å². The summed E-state index contributed by atoms with van der Waals surface area (Å²) in [6, 6.07) is 5.08. The Morgan fingerprint density at radius 1 is 1.26 bits per heavy atom.